The minimum absolute atomic E-state index is 0.223. The lowest BCUT2D eigenvalue weighted by Gasteiger charge is -2.33. The van der Waals surface area contributed by atoms with Crippen molar-refractivity contribution < 1.29 is 24.2 Å². The predicted molar refractivity (Wildman–Crippen MR) is 103 cm³/mol. The standard InChI is InChI=1S/C21H22N2O5/c1-13(21(26)27)19(15-8-4-3-5-9-15)22-18(24)12-23-16-10-6-7-11-17(16)28-14(2)20(23)25/h3-11,13-14,19H,12H2,1-2H3,(H,22,24)(H,26,27)/t13-,14+,19-/m1/s1. The lowest BCUT2D eigenvalue weighted by Crippen LogP contribution is -2.49. The first-order chi connectivity index (χ1) is 13.4. The molecule has 0 unspecified atom stereocenters. The number of nitrogens with one attached hydrogen (secondary N) is 1. The molecule has 1 heterocycles. The van der Waals surface area contributed by atoms with Gasteiger partial charge in [0.2, 0.25) is 5.91 Å². The fourth-order valence-electron chi connectivity index (χ4n) is 3.18. The third-order valence-corrected chi connectivity index (χ3v) is 4.74. The highest BCUT2D eigenvalue weighted by Gasteiger charge is 2.34. The van der Waals surface area contributed by atoms with Crippen molar-refractivity contribution in [3.8, 4) is 5.75 Å². The number of benzene rings is 2. The molecule has 2 N–H and O–H groups in total. The van der Waals surface area contributed by atoms with Crippen LogP contribution in [-0.2, 0) is 14.4 Å². The molecule has 146 valence electrons. The minimum Gasteiger partial charge on any atom is -0.481 e. The van der Waals surface area contributed by atoms with Crippen LogP contribution in [0.3, 0.4) is 0 Å². The number of ether oxygens (including phenoxy) is 1. The zero-order valence-electron chi connectivity index (χ0n) is 15.7. The SMILES string of the molecule is C[C@@H]1Oc2ccccc2N(CC(=O)N[C@@H](c2ccccc2)[C@@H](C)C(=O)O)C1=O. The highest BCUT2D eigenvalue weighted by atomic mass is 16.5. The van der Waals surface area contributed by atoms with Gasteiger partial charge in [-0.1, -0.05) is 42.5 Å². The Morgan fingerprint density at radius 2 is 1.79 bits per heavy atom. The van der Waals surface area contributed by atoms with E-state index in [1.54, 1.807) is 55.5 Å². The molecule has 2 aromatic rings. The Hall–Kier alpha value is -3.35. The van der Waals surface area contributed by atoms with Gasteiger partial charge >= 0.3 is 5.97 Å². The number of anilines is 1. The molecule has 1 aliphatic heterocycles. The van der Waals surface area contributed by atoms with E-state index in [4.69, 9.17) is 4.74 Å². The van der Waals surface area contributed by atoms with Gasteiger partial charge in [0.25, 0.3) is 5.91 Å². The van der Waals surface area contributed by atoms with Crippen molar-refractivity contribution in [1.82, 2.24) is 5.32 Å². The molecule has 0 saturated carbocycles. The quantitative estimate of drug-likeness (QED) is 0.800. The molecule has 7 heteroatoms. The predicted octanol–water partition coefficient (Wildman–Crippen LogP) is 2.38. The van der Waals surface area contributed by atoms with Gasteiger partial charge in [-0.2, -0.15) is 0 Å². The van der Waals surface area contributed by atoms with Crippen molar-refractivity contribution >= 4 is 23.5 Å². The maximum Gasteiger partial charge on any atom is 0.308 e. The molecule has 0 fully saturated rings. The molecule has 2 amide bonds. The topological polar surface area (TPSA) is 95.9 Å². The molecule has 28 heavy (non-hydrogen) atoms. The first-order valence-electron chi connectivity index (χ1n) is 9.02. The number of carboxylic acids is 1. The van der Waals surface area contributed by atoms with Crippen molar-refractivity contribution in [3.05, 3.63) is 60.2 Å². The summed E-state index contributed by atoms with van der Waals surface area (Å²) >= 11 is 0. The second-order valence-corrected chi connectivity index (χ2v) is 6.73. The van der Waals surface area contributed by atoms with E-state index in [2.05, 4.69) is 5.32 Å². The van der Waals surface area contributed by atoms with Crippen LogP contribution in [0, 0.1) is 5.92 Å². The molecule has 3 rings (SSSR count). The number of aliphatic carboxylic acids is 1. The maximum atomic E-state index is 12.7. The molecule has 0 radical (unpaired) electrons. The van der Waals surface area contributed by atoms with Gasteiger partial charge in [0, 0.05) is 0 Å². The summed E-state index contributed by atoms with van der Waals surface area (Å²) in [5.41, 5.74) is 1.20. The van der Waals surface area contributed by atoms with E-state index in [-0.39, 0.29) is 12.5 Å². The van der Waals surface area contributed by atoms with Crippen molar-refractivity contribution in [2.75, 3.05) is 11.4 Å². The van der Waals surface area contributed by atoms with Crippen LogP contribution >= 0.6 is 0 Å². The molecule has 7 nitrogen and oxygen atoms in total. The van der Waals surface area contributed by atoms with Crippen LogP contribution in [0.5, 0.6) is 5.75 Å². The number of nitrogens with zero attached hydrogens (tertiary/aromatic N) is 1. The summed E-state index contributed by atoms with van der Waals surface area (Å²) in [6.07, 6.45) is -0.703. The summed E-state index contributed by atoms with van der Waals surface area (Å²) in [5.74, 6) is -2.09. The average Bonchev–Trinajstić information content (AvgIpc) is 2.69. The van der Waals surface area contributed by atoms with Crippen LogP contribution in [0.1, 0.15) is 25.5 Å². The van der Waals surface area contributed by atoms with Crippen LogP contribution in [0.4, 0.5) is 5.69 Å². The van der Waals surface area contributed by atoms with Gasteiger partial charge in [0.1, 0.15) is 12.3 Å². The summed E-state index contributed by atoms with van der Waals surface area (Å²) in [6, 6.07) is 15.2. The molecular formula is C21H22N2O5. The van der Waals surface area contributed by atoms with E-state index in [1.807, 2.05) is 6.07 Å². The van der Waals surface area contributed by atoms with Crippen molar-refractivity contribution in [2.45, 2.75) is 26.0 Å². The van der Waals surface area contributed by atoms with E-state index < -0.39 is 29.9 Å². The highest BCUT2D eigenvalue weighted by molar-refractivity contribution is 6.03. The molecule has 1 aliphatic rings. The Morgan fingerprint density at radius 3 is 2.46 bits per heavy atom. The number of fused-ring (bicyclic) bond motifs is 1. The van der Waals surface area contributed by atoms with Gasteiger partial charge in [-0.15, -0.1) is 0 Å². The molecule has 0 spiro atoms. The van der Waals surface area contributed by atoms with Crippen molar-refractivity contribution in [3.63, 3.8) is 0 Å². The van der Waals surface area contributed by atoms with Gasteiger partial charge in [-0.05, 0) is 31.5 Å². The van der Waals surface area contributed by atoms with Gasteiger partial charge < -0.3 is 15.2 Å². The Kier molecular flexibility index (Phi) is 5.63. The van der Waals surface area contributed by atoms with Crippen LogP contribution in [0.25, 0.3) is 0 Å². The van der Waals surface area contributed by atoms with E-state index >= 15 is 0 Å². The second-order valence-electron chi connectivity index (χ2n) is 6.73. The summed E-state index contributed by atoms with van der Waals surface area (Å²) in [5, 5.41) is 12.2. The normalized spacial score (nSPS) is 17.9. The highest BCUT2D eigenvalue weighted by Crippen LogP contribution is 2.33. The first-order valence-corrected chi connectivity index (χ1v) is 9.02. The maximum absolute atomic E-state index is 12.7. The lowest BCUT2D eigenvalue weighted by atomic mass is 9.94. The van der Waals surface area contributed by atoms with E-state index in [1.165, 1.54) is 11.8 Å². The Balaban J connectivity index is 1.81. The monoisotopic (exact) mass is 382 g/mol. The van der Waals surface area contributed by atoms with Gasteiger partial charge in [-0.3, -0.25) is 19.3 Å². The first kappa shape index (κ1) is 19.4. The Morgan fingerprint density at radius 1 is 1.14 bits per heavy atom. The number of carboxylic acid groups (broad SMARTS) is 1. The largest absolute Gasteiger partial charge is 0.481 e. The molecule has 0 aliphatic carbocycles. The van der Waals surface area contributed by atoms with Gasteiger partial charge in [0.15, 0.2) is 6.10 Å². The van der Waals surface area contributed by atoms with Crippen LogP contribution in [-0.4, -0.2) is 35.5 Å². The molecular weight excluding hydrogens is 360 g/mol. The fourth-order valence-corrected chi connectivity index (χ4v) is 3.18. The van der Waals surface area contributed by atoms with Crippen molar-refractivity contribution in [2.24, 2.45) is 5.92 Å². The molecule has 2 aromatic carbocycles. The number of carbonyl (C=O) groups excluding carboxylic acids is 2. The number of hydrogen-bond acceptors (Lipinski definition) is 4. The number of para-hydroxylation sites is 2. The number of rotatable bonds is 6. The smallest absolute Gasteiger partial charge is 0.308 e. The Bertz CT molecular complexity index is 883. The lowest BCUT2D eigenvalue weighted by molar-refractivity contribution is -0.142. The number of hydrogen-bond donors (Lipinski definition) is 2. The van der Waals surface area contributed by atoms with E-state index in [0.717, 1.165) is 0 Å². The van der Waals surface area contributed by atoms with Crippen LogP contribution in [0.15, 0.2) is 54.6 Å². The van der Waals surface area contributed by atoms with E-state index in [9.17, 15) is 19.5 Å². The summed E-state index contributed by atoms with van der Waals surface area (Å²) in [7, 11) is 0. The molecule has 0 aromatic heterocycles. The van der Waals surface area contributed by atoms with Gasteiger partial charge in [0.05, 0.1) is 17.6 Å². The van der Waals surface area contributed by atoms with Crippen LogP contribution < -0.4 is 15.0 Å². The molecule has 0 saturated heterocycles. The third kappa shape index (κ3) is 3.98. The summed E-state index contributed by atoms with van der Waals surface area (Å²) in [4.78, 5) is 38.2. The average molecular weight is 382 g/mol. The second kappa shape index (κ2) is 8.12. The molecule has 0 bridgehead atoms. The Labute approximate surface area is 162 Å². The zero-order chi connectivity index (χ0) is 20.3. The zero-order valence-corrected chi connectivity index (χ0v) is 15.7. The number of amides is 2. The number of carbonyl (C=O) groups is 3. The molecule has 3 atom stereocenters. The van der Waals surface area contributed by atoms with Gasteiger partial charge in [-0.25, -0.2) is 0 Å². The summed E-state index contributed by atoms with van der Waals surface area (Å²) < 4.78 is 5.58. The van der Waals surface area contributed by atoms with Crippen LogP contribution in [0.2, 0.25) is 0 Å². The summed E-state index contributed by atoms with van der Waals surface area (Å²) in [6.45, 7) is 2.94. The minimum atomic E-state index is -1.02. The van der Waals surface area contributed by atoms with E-state index in [0.29, 0.717) is 17.0 Å². The fraction of sp³-hybridized carbons (Fsp3) is 0.286. The third-order valence-electron chi connectivity index (χ3n) is 4.74. The van der Waals surface area contributed by atoms with Crippen molar-refractivity contribution in [1.29, 1.82) is 0 Å².